The van der Waals surface area contributed by atoms with E-state index in [0.717, 1.165) is 24.6 Å². The van der Waals surface area contributed by atoms with Crippen LogP contribution in [0.3, 0.4) is 0 Å². The molecule has 4 heteroatoms. The number of benzene rings is 1. The maximum atomic E-state index is 10.1. The van der Waals surface area contributed by atoms with Crippen LogP contribution in [-0.4, -0.2) is 50.7 Å². The van der Waals surface area contributed by atoms with Crippen LogP contribution in [0.25, 0.3) is 0 Å². The van der Waals surface area contributed by atoms with Crippen LogP contribution in [0, 0.1) is 5.92 Å². The van der Waals surface area contributed by atoms with Crippen molar-refractivity contribution < 1.29 is 19.5 Å². The summed E-state index contributed by atoms with van der Waals surface area (Å²) in [6, 6.07) is 8.16. The molecule has 1 aromatic rings. The van der Waals surface area contributed by atoms with Crippen LogP contribution in [0.4, 0.5) is 0 Å². The molecule has 0 bridgehead atoms. The molecule has 1 atom stereocenters. The van der Waals surface area contributed by atoms with Gasteiger partial charge in [0.05, 0.1) is 26.3 Å². The van der Waals surface area contributed by atoms with E-state index < -0.39 is 0 Å². The lowest BCUT2D eigenvalue weighted by atomic mass is 9.99. The molecule has 0 aliphatic carbocycles. The minimum absolute atomic E-state index is 0.373. The SMILES string of the molecule is CCc1ccc(OCCOC[C@H](O)C[NH+]2CCC(C)CC2)cc1. The fraction of sp³-hybridized carbons (Fsp3) is 0.684. The largest absolute Gasteiger partial charge is 0.491 e. The molecule has 1 heterocycles. The second-order valence-corrected chi connectivity index (χ2v) is 6.71. The molecule has 1 aliphatic heterocycles. The van der Waals surface area contributed by atoms with Crippen molar-refractivity contribution in [2.45, 2.75) is 39.2 Å². The van der Waals surface area contributed by atoms with Crippen LogP contribution in [0.1, 0.15) is 32.3 Å². The van der Waals surface area contributed by atoms with E-state index in [1.807, 2.05) is 12.1 Å². The number of aliphatic hydroxyl groups excluding tert-OH is 1. The molecule has 0 amide bonds. The average molecular weight is 322 g/mol. The Morgan fingerprint density at radius 1 is 1.17 bits per heavy atom. The number of hydrogen-bond donors (Lipinski definition) is 2. The van der Waals surface area contributed by atoms with Crippen LogP contribution in [0.15, 0.2) is 24.3 Å². The first kappa shape index (κ1) is 18.2. The first-order valence-electron chi connectivity index (χ1n) is 8.98. The van der Waals surface area contributed by atoms with Crippen LogP contribution < -0.4 is 9.64 Å². The summed E-state index contributed by atoms with van der Waals surface area (Å²) in [6.07, 6.45) is 3.21. The first-order chi connectivity index (χ1) is 11.2. The van der Waals surface area contributed by atoms with E-state index in [9.17, 15) is 5.11 Å². The zero-order valence-corrected chi connectivity index (χ0v) is 14.6. The zero-order valence-electron chi connectivity index (χ0n) is 14.6. The molecule has 1 saturated heterocycles. The van der Waals surface area contributed by atoms with Gasteiger partial charge in [0.2, 0.25) is 0 Å². The number of aliphatic hydroxyl groups is 1. The smallest absolute Gasteiger partial charge is 0.126 e. The standard InChI is InChI=1S/C19H31NO3/c1-3-17-4-6-19(7-5-17)23-13-12-22-15-18(21)14-20-10-8-16(2)9-11-20/h4-7,16,18,21H,3,8-15H2,1-2H3/p+1/t18-/m1/s1. The molecule has 0 aromatic heterocycles. The Morgan fingerprint density at radius 2 is 1.87 bits per heavy atom. The minimum Gasteiger partial charge on any atom is -0.491 e. The maximum Gasteiger partial charge on any atom is 0.126 e. The van der Waals surface area contributed by atoms with Crippen LogP contribution >= 0.6 is 0 Å². The van der Waals surface area contributed by atoms with Gasteiger partial charge in [-0.1, -0.05) is 26.0 Å². The van der Waals surface area contributed by atoms with Gasteiger partial charge in [0.15, 0.2) is 0 Å². The lowest BCUT2D eigenvalue weighted by Crippen LogP contribution is -3.14. The molecule has 4 nitrogen and oxygen atoms in total. The molecule has 1 aliphatic rings. The van der Waals surface area contributed by atoms with Gasteiger partial charge in [0, 0.05) is 0 Å². The molecule has 1 aromatic carbocycles. The highest BCUT2D eigenvalue weighted by Gasteiger charge is 2.21. The molecule has 2 rings (SSSR count). The quantitative estimate of drug-likeness (QED) is 0.674. The Labute approximate surface area is 140 Å². The second kappa shape index (κ2) is 9.91. The van der Waals surface area contributed by atoms with Crippen molar-refractivity contribution in [3.05, 3.63) is 29.8 Å². The summed E-state index contributed by atoms with van der Waals surface area (Å²) in [5.41, 5.74) is 1.31. The highest BCUT2D eigenvalue weighted by atomic mass is 16.5. The van der Waals surface area contributed by atoms with E-state index in [0.29, 0.717) is 19.8 Å². The third kappa shape index (κ3) is 6.90. The van der Waals surface area contributed by atoms with E-state index in [1.165, 1.54) is 36.4 Å². The third-order valence-electron chi connectivity index (χ3n) is 4.64. The van der Waals surface area contributed by atoms with Crippen molar-refractivity contribution in [2.24, 2.45) is 5.92 Å². The summed E-state index contributed by atoms with van der Waals surface area (Å²) in [6.45, 7) is 9.03. The topological polar surface area (TPSA) is 43.1 Å². The number of quaternary nitrogens is 1. The molecule has 0 unspecified atom stereocenters. The monoisotopic (exact) mass is 322 g/mol. The Kier molecular flexibility index (Phi) is 7.86. The lowest BCUT2D eigenvalue weighted by molar-refractivity contribution is -0.909. The van der Waals surface area contributed by atoms with Gasteiger partial charge in [0.25, 0.3) is 0 Å². The number of hydrogen-bond acceptors (Lipinski definition) is 3. The summed E-state index contributed by atoms with van der Waals surface area (Å²) < 4.78 is 11.2. The van der Waals surface area contributed by atoms with E-state index in [2.05, 4.69) is 26.0 Å². The molecule has 130 valence electrons. The van der Waals surface area contributed by atoms with Gasteiger partial charge >= 0.3 is 0 Å². The van der Waals surface area contributed by atoms with Crippen molar-refractivity contribution >= 4 is 0 Å². The number of ether oxygens (including phenoxy) is 2. The Balaban J connectivity index is 1.52. The van der Waals surface area contributed by atoms with Gasteiger partial charge in [-0.15, -0.1) is 0 Å². The van der Waals surface area contributed by atoms with Crippen molar-refractivity contribution in [3.8, 4) is 5.75 Å². The Hall–Kier alpha value is -1.10. The molecular weight excluding hydrogens is 290 g/mol. The average Bonchev–Trinajstić information content (AvgIpc) is 2.57. The number of likely N-dealkylation sites (tertiary alicyclic amines) is 1. The van der Waals surface area contributed by atoms with E-state index in [1.54, 1.807) is 0 Å². The fourth-order valence-corrected chi connectivity index (χ4v) is 3.03. The molecule has 0 radical (unpaired) electrons. The van der Waals surface area contributed by atoms with E-state index in [-0.39, 0.29) is 6.10 Å². The van der Waals surface area contributed by atoms with Gasteiger partial charge in [-0.2, -0.15) is 0 Å². The van der Waals surface area contributed by atoms with Gasteiger partial charge < -0.3 is 19.5 Å². The van der Waals surface area contributed by atoms with Crippen molar-refractivity contribution in [2.75, 3.05) is 39.5 Å². The van der Waals surface area contributed by atoms with Crippen LogP contribution in [0.5, 0.6) is 5.75 Å². The summed E-state index contributed by atoms with van der Waals surface area (Å²) in [5.74, 6) is 1.72. The van der Waals surface area contributed by atoms with E-state index in [4.69, 9.17) is 9.47 Å². The molecular formula is C19H32NO3+. The van der Waals surface area contributed by atoms with Crippen LogP contribution in [0.2, 0.25) is 0 Å². The predicted octanol–water partition coefficient (Wildman–Crippen LogP) is 1.32. The number of nitrogens with one attached hydrogen (secondary N) is 1. The van der Waals surface area contributed by atoms with Gasteiger partial charge in [-0.25, -0.2) is 0 Å². The number of piperidine rings is 1. The van der Waals surface area contributed by atoms with Crippen molar-refractivity contribution in [1.29, 1.82) is 0 Å². The zero-order chi connectivity index (χ0) is 16.5. The highest BCUT2D eigenvalue weighted by Crippen LogP contribution is 2.12. The number of rotatable bonds is 9. The second-order valence-electron chi connectivity index (χ2n) is 6.71. The van der Waals surface area contributed by atoms with Gasteiger partial charge in [-0.3, -0.25) is 0 Å². The lowest BCUT2D eigenvalue weighted by Gasteiger charge is -2.28. The predicted molar refractivity (Wildman–Crippen MR) is 92.1 cm³/mol. The molecule has 0 saturated carbocycles. The van der Waals surface area contributed by atoms with Crippen LogP contribution in [-0.2, 0) is 11.2 Å². The fourth-order valence-electron chi connectivity index (χ4n) is 3.03. The van der Waals surface area contributed by atoms with E-state index >= 15 is 0 Å². The molecule has 1 fully saturated rings. The normalized spacial score (nSPS) is 22.7. The van der Waals surface area contributed by atoms with Gasteiger partial charge in [-0.05, 0) is 42.9 Å². The Bertz CT molecular complexity index is 427. The minimum atomic E-state index is -0.373. The molecule has 23 heavy (non-hydrogen) atoms. The summed E-state index contributed by atoms with van der Waals surface area (Å²) in [5, 5.41) is 10.1. The highest BCUT2D eigenvalue weighted by molar-refractivity contribution is 5.27. The van der Waals surface area contributed by atoms with Crippen molar-refractivity contribution in [1.82, 2.24) is 0 Å². The Morgan fingerprint density at radius 3 is 2.52 bits per heavy atom. The maximum absolute atomic E-state index is 10.1. The van der Waals surface area contributed by atoms with Gasteiger partial charge in [0.1, 0.15) is 25.0 Å². The molecule has 2 N–H and O–H groups in total. The summed E-state index contributed by atoms with van der Waals surface area (Å²) in [4.78, 5) is 1.51. The molecule has 0 spiro atoms. The number of aryl methyl sites for hydroxylation is 1. The third-order valence-corrected chi connectivity index (χ3v) is 4.64. The summed E-state index contributed by atoms with van der Waals surface area (Å²) >= 11 is 0. The van der Waals surface area contributed by atoms with Crippen molar-refractivity contribution in [3.63, 3.8) is 0 Å². The first-order valence-corrected chi connectivity index (χ1v) is 8.98. The summed E-state index contributed by atoms with van der Waals surface area (Å²) in [7, 11) is 0.